The maximum Gasteiger partial charge on any atom is 0.0843 e. The summed E-state index contributed by atoms with van der Waals surface area (Å²) in [5, 5.41) is 1.16. The summed E-state index contributed by atoms with van der Waals surface area (Å²) in [6.07, 6.45) is 0. The van der Waals surface area contributed by atoms with Gasteiger partial charge in [-0.1, -0.05) is 46.3 Å². The Labute approximate surface area is 128 Å². The summed E-state index contributed by atoms with van der Waals surface area (Å²) in [6, 6.07) is 18.6. The fourth-order valence-corrected chi connectivity index (χ4v) is 3.07. The Morgan fingerprint density at radius 1 is 0.944 bits per heavy atom. The molecule has 1 heterocycles. The molecule has 2 aromatic carbocycles. The molecule has 88 valence electrons. The lowest BCUT2D eigenvalue weighted by atomic mass is 10.1. The highest BCUT2D eigenvalue weighted by atomic mass is 127. The molecule has 0 N–H and O–H groups in total. The van der Waals surface area contributed by atoms with Crippen LogP contribution in [0, 0.1) is 3.57 Å². The number of aromatic nitrogens is 1. The molecule has 3 aromatic rings. The van der Waals surface area contributed by atoms with Gasteiger partial charge in [-0.05, 0) is 46.9 Å². The van der Waals surface area contributed by atoms with Gasteiger partial charge in [-0.25, -0.2) is 4.98 Å². The zero-order valence-electron chi connectivity index (χ0n) is 9.40. The van der Waals surface area contributed by atoms with E-state index < -0.39 is 0 Å². The molecule has 3 rings (SSSR count). The lowest BCUT2D eigenvalue weighted by molar-refractivity contribution is 1.37. The molecule has 1 nitrogen and oxygen atoms in total. The number of nitrogens with zero attached hydrogens (tertiary/aromatic N) is 1. The van der Waals surface area contributed by atoms with Crippen LogP contribution in [0.4, 0.5) is 0 Å². The normalized spacial score (nSPS) is 10.8. The lowest BCUT2D eigenvalue weighted by Crippen LogP contribution is -1.89. The van der Waals surface area contributed by atoms with Crippen LogP contribution >= 0.6 is 38.5 Å². The molecule has 0 saturated carbocycles. The van der Waals surface area contributed by atoms with Crippen molar-refractivity contribution in [1.29, 1.82) is 0 Å². The number of hydrogen-bond acceptors (Lipinski definition) is 1. The lowest BCUT2D eigenvalue weighted by Gasteiger charge is -2.06. The predicted molar refractivity (Wildman–Crippen MR) is 87.6 cm³/mol. The molecule has 0 amide bonds. The zero-order chi connectivity index (χ0) is 12.5. The van der Waals surface area contributed by atoms with Gasteiger partial charge in [0.1, 0.15) is 0 Å². The van der Waals surface area contributed by atoms with Crippen LogP contribution in [-0.4, -0.2) is 4.98 Å². The second-order valence-corrected chi connectivity index (χ2v) is 6.10. The molecule has 0 aliphatic carbocycles. The molecule has 0 unspecified atom stereocenters. The molecule has 0 saturated heterocycles. The van der Waals surface area contributed by atoms with E-state index in [0.717, 1.165) is 26.6 Å². The van der Waals surface area contributed by atoms with Gasteiger partial charge in [0, 0.05) is 19.0 Å². The maximum absolute atomic E-state index is 4.76. The predicted octanol–water partition coefficient (Wildman–Crippen LogP) is 5.27. The van der Waals surface area contributed by atoms with E-state index in [0.29, 0.717) is 0 Å². The van der Waals surface area contributed by atoms with Gasteiger partial charge >= 0.3 is 0 Å². The van der Waals surface area contributed by atoms with Gasteiger partial charge < -0.3 is 0 Å². The van der Waals surface area contributed by atoms with Crippen molar-refractivity contribution in [2.75, 3.05) is 0 Å². The fraction of sp³-hybridized carbons (Fsp3) is 0. The number of hydrogen-bond donors (Lipinski definition) is 0. The number of benzene rings is 2. The molecule has 0 fully saturated rings. The summed E-state index contributed by atoms with van der Waals surface area (Å²) in [4.78, 5) is 4.76. The van der Waals surface area contributed by atoms with Crippen LogP contribution in [0.5, 0.6) is 0 Å². The summed E-state index contributed by atoms with van der Waals surface area (Å²) in [7, 11) is 0. The highest BCUT2D eigenvalue weighted by Crippen LogP contribution is 2.28. The van der Waals surface area contributed by atoms with Gasteiger partial charge in [0.25, 0.3) is 0 Å². The Morgan fingerprint density at radius 2 is 1.72 bits per heavy atom. The average Bonchev–Trinajstić information content (AvgIpc) is 2.39. The monoisotopic (exact) mass is 409 g/mol. The van der Waals surface area contributed by atoms with E-state index in [2.05, 4.69) is 62.8 Å². The molecule has 0 aliphatic rings. The standard InChI is InChI=1S/C15H9BrIN/c16-12-6-7-14-11(8-12)9-13(17)15(18-14)10-4-2-1-3-5-10/h1-9H. The third kappa shape index (κ3) is 2.29. The van der Waals surface area contributed by atoms with Crippen LogP contribution in [0.3, 0.4) is 0 Å². The van der Waals surface area contributed by atoms with Crippen LogP contribution in [0.1, 0.15) is 0 Å². The fourth-order valence-electron chi connectivity index (χ4n) is 1.92. The minimum absolute atomic E-state index is 1.03. The first-order chi connectivity index (χ1) is 8.74. The second kappa shape index (κ2) is 4.97. The highest BCUT2D eigenvalue weighted by Gasteiger charge is 2.06. The number of halogens is 2. The van der Waals surface area contributed by atoms with Crippen molar-refractivity contribution in [3.05, 3.63) is 62.6 Å². The Hall–Kier alpha value is -0.940. The summed E-state index contributed by atoms with van der Waals surface area (Å²) in [5.74, 6) is 0. The smallest absolute Gasteiger partial charge is 0.0843 e. The van der Waals surface area contributed by atoms with Gasteiger partial charge in [-0.3, -0.25) is 0 Å². The van der Waals surface area contributed by atoms with Crippen molar-refractivity contribution in [2.45, 2.75) is 0 Å². The molecule has 0 bridgehead atoms. The van der Waals surface area contributed by atoms with Crippen LogP contribution in [-0.2, 0) is 0 Å². The first-order valence-corrected chi connectivity index (χ1v) is 7.42. The first kappa shape index (κ1) is 12.1. The third-order valence-electron chi connectivity index (χ3n) is 2.78. The van der Waals surface area contributed by atoms with Crippen LogP contribution < -0.4 is 0 Å². The minimum Gasteiger partial charge on any atom is -0.247 e. The quantitative estimate of drug-likeness (QED) is 0.499. The molecule has 3 heteroatoms. The first-order valence-electron chi connectivity index (χ1n) is 5.55. The second-order valence-electron chi connectivity index (χ2n) is 4.02. The Balaban J connectivity index is 2.25. The molecule has 0 spiro atoms. The SMILES string of the molecule is Brc1ccc2nc(-c3ccccc3)c(I)cc2c1. The maximum atomic E-state index is 4.76. The average molecular weight is 410 g/mol. The number of pyridine rings is 1. The largest absolute Gasteiger partial charge is 0.247 e. The van der Waals surface area contributed by atoms with Crippen molar-refractivity contribution >= 4 is 49.4 Å². The number of rotatable bonds is 1. The summed E-state index contributed by atoms with van der Waals surface area (Å²) < 4.78 is 2.25. The number of fused-ring (bicyclic) bond motifs is 1. The Bertz CT molecular complexity index is 710. The van der Waals surface area contributed by atoms with E-state index in [9.17, 15) is 0 Å². The highest BCUT2D eigenvalue weighted by molar-refractivity contribution is 14.1. The van der Waals surface area contributed by atoms with E-state index in [4.69, 9.17) is 4.98 Å². The van der Waals surface area contributed by atoms with E-state index in [1.807, 2.05) is 30.3 Å². The molecule has 1 aromatic heterocycles. The topological polar surface area (TPSA) is 12.9 Å². The van der Waals surface area contributed by atoms with Crippen molar-refractivity contribution in [2.24, 2.45) is 0 Å². The summed E-state index contributed by atoms with van der Waals surface area (Å²) in [5.41, 5.74) is 3.23. The van der Waals surface area contributed by atoms with E-state index in [1.165, 1.54) is 3.57 Å². The van der Waals surface area contributed by atoms with Crippen molar-refractivity contribution in [1.82, 2.24) is 4.98 Å². The van der Waals surface area contributed by atoms with Gasteiger partial charge in [0.15, 0.2) is 0 Å². The van der Waals surface area contributed by atoms with Gasteiger partial charge in [0.2, 0.25) is 0 Å². The Morgan fingerprint density at radius 3 is 2.50 bits per heavy atom. The molecule has 0 radical (unpaired) electrons. The summed E-state index contributed by atoms with van der Waals surface area (Å²) in [6.45, 7) is 0. The van der Waals surface area contributed by atoms with E-state index in [-0.39, 0.29) is 0 Å². The zero-order valence-corrected chi connectivity index (χ0v) is 13.1. The summed E-state index contributed by atoms with van der Waals surface area (Å²) >= 11 is 5.84. The molecule has 18 heavy (non-hydrogen) atoms. The van der Waals surface area contributed by atoms with Crippen molar-refractivity contribution in [3.8, 4) is 11.3 Å². The molecule has 0 atom stereocenters. The molecular weight excluding hydrogens is 401 g/mol. The van der Waals surface area contributed by atoms with Crippen molar-refractivity contribution < 1.29 is 0 Å². The van der Waals surface area contributed by atoms with Crippen LogP contribution in [0.15, 0.2) is 59.1 Å². The van der Waals surface area contributed by atoms with E-state index in [1.54, 1.807) is 0 Å². The van der Waals surface area contributed by atoms with Gasteiger partial charge in [-0.2, -0.15) is 0 Å². The van der Waals surface area contributed by atoms with Gasteiger partial charge in [-0.15, -0.1) is 0 Å². The molecular formula is C15H9BrIN. The van der Waals surface area contributed by atoms with Crippen molar-refractivity contribution in [3.63, 3.8) is 0 Å². The van der Waals surface area contributed by atoms with Crippen LogP contribution in [0.2, 0.25) is 0 Å². The minimum atomic E-state index is 1.03. The Kier molecular flexibility index (Phi) is 3.35. The van der Waals surface area contributed by atoms with Crippen LogP contribution in [0.25, 0.3) is 22.2 Å². The third-order valence-corrected chi connectivity index (χ3v) is 4.09. The van der Waals surface area contributed by atoms with Gasteiger partial charge in [0.05, 0.1) is 11.2 Å². The molecule has 0 aliphatic heterocycles. The van der Waals surface area contributed by atoms with E-state index >= 15 is 0 Å².